The molecule has 0 unspecified atom stereocenters. The van der Waals surface area contributed by atoms with Crippen LogP contribution in [0.2, 0.25) is 0 Å². The summed E-state index contributed by atoms with van der Waals surface area (Å²) in [5, 5.41) is 6.13. The van der Waals surface area contributed by atoms with Crippen LogP contribution in [0.15, 0.2) is 16.1 Å². The minimum absolute atomic E-state index is 0. The van der Waals surface area contributed by atoms with Gasteiger partial charge < -0.3 is 10.6 Å². The predicted molar refractivity (Wildman–Crippen MR) is 68.5 cm³/mol. The van der Waals surface area contributed by atoms with Gasteiger partial charge in [-0.05, 0) is 6.92 Å². The summed E-state index contributed by atoms with van der Waals surface area (Å²) in [6.07, 6.45) is 0. The second-order valence-corrected chi connectivity index (χ2v) is 3.09. The third kappa shape index (κ3) is 8.32. The van der Waals surface area contributed by atoms with Crippen molar-refractivity contribution < 1.29 is 0 Å². The van der Waals surface area contributed by atoms with E-state index in [2.05, 4.69) is 38.1 Å². The fraction of sp³-hybridized carbons (Fsp3) is 0.571. The number of aliphatic imine (C=N–C) groups is 1. The van der Waals surface area contributed by atoms with Crippen molar-refractivity contribution in [1.29, 1.82) is 0 Å². The maximum Gasteiger partial charge on any atom is 0.191 e. The van der Waals surface area contributed by atoms with E-state index >= 15 is 0 Å². The molecule has 0 aliphatic rings. The number of guanidine groups is 1. The number of halogens is 2. The molecule has 0 aliphatic heterocycles. The Morgan fingerprint density at radius 1 is 1.50 bits per heavy atom. The molecule has 5 heteroatoms. The van der Waals surface area contributed by atoms with Gasteiger partial charge in [-0.1, -0.05) is 22.5 Å². The van der Waals surface area contributed by atoms with Crippen molar-refractivity contribution in [1.82, 2.24) is 10.6 Å². The summed E-state index contributed by atoms with van der Waals surface area (Å²) in [7, 11) is 1.74. The molecule has 0 aliphatic carbocycles. The molecule has 0 aromatic rings. The minimum Gasteiger partial charge on any atom is -0.357 e. The van der Waals surface area contributed by atoms with Crippen LogP contribution in [0.25, 0.3) is 0 Å². The highest BCUT2D eigenvalue weighted by molar-refractivity contribution is 14.0. The first-order chi connectivity index (χ1) is 5.20. The molecule has 0 atom stereocenters. The van der Waals surface area contributed by atoms with Crippen molar-refractivity contribution in [2.24, 2.45) is 4.99 Å². The number of hydrogen-bond donors (Lipinski definition) is 2. The van der Waals surface area contributed by atoms with E-state index in [1.165, 1.54) is 0 Å². The lowest BCUT2D eigenvalue weighted by Crippen LogP contribution is -2.37. The Morgan fingerprint density at radius 2 is 2.08 bits per heavy atom. The highest BCUT2D eigenvalue weighted by atomic mass is 127. The van der Waals surface area contributed by atoms with E-state index in [-0.39, 0.29) is 24.0 Å². The van der Waals surface area contributed by atoms with Crippen LogP contribution in [0.5, 0.6) is 0 Å². The quantitative estimate of drug-likeness (QED) is 0.463. The summed E-state index contributed by atoms with van der Waals surface area (Å²) in [6, 6.07) is 0. The lowest BCUT2D eigenvalue weighted by atomic mass is 10.6. The van der Waals surface area contributed by atoms with Gasteiger partial charge in [-0.2, -0.15) is 0 Å². The van der Waals surface area contributed by atoms with E-state index in [4.69, 9.17) is 0 Å². The highest BCUT2D eigenvalue weighted by Gasteiger charge is 1.93. The topological polar surface area (TPSA) is 36.4 Å². The molecular weight excluding hydrogens is 333 g/mol. The van der Waals surface area contributed by atoms with Gasteiger partial charge in [0, 0.05) is 24.6 Å². The first-order valence-electron chi connectivity index (χ1n) is 3.48. The van der Waals surface area contributed by atoms with E-state index in [1.54, 1.807) is 7.05 Å². The lowest BCUT2D eigenvalue weighted by molar-refractivity contribution is 0.878. The van der Waals surface area contributed by atoms with Gasteiger partial charge in [-0.25, -0.2) is 0 Å². The molecule has 0 aromatic heterocycles. The van der Waals surface area contributed by atoms with Crippen molar-refractivity contribution in [3.63, 3.8) is 0 Å². The fourth-order valence-corrected chi connectivity index (χ4v) is 0.708. The average molecular weight is 348 g/mol. The van der Waals surface area contributed by atoms with Crippen molar-refractivity contribution in [2.45, 2.75) is 6.92 Å². The predicted octanol–water partition coefficient (Wildman–Crippen LogP) is 1.70. The number of rotatable bonds is 3. The van der Waals surface area contributed by atoms with E-state index in [0.29, 0.717) is 6.54 Å². The maximum absolute atomic E-state index is 3.98. The van der Waals surface area contributed by atoms with Crippen LogP contribution >= 0.6 is 39.9 Å². The fourth-order valence-electron chi connectivity index (χ4n) is 0.568. The normalized spacial score (nSPS) is 10.1. The molecule has 0 saturated heterocycles. The molecule has 0 fully saturated rings. The monoisotopic (exact) mass is 347 g/mol. The molecule has 0 radical (unpaired) electrons. The molecule has 0 heterocycles. The standard InChI is InChI=1S/C7H14BrN3.HI/c1-4-10-7(9-3)11-5-6(2)8;/h2,4-5H2,1,3H3,(H2,9,10,11);1H. The van der Waals surface area contributed by atoms with Gasteiger partial charge in [0.15, 0.2) is 5.96 Å². The smallest absolute Gasteiger partial charge is 0.191 e. The molecule has 0 amide bonds. The van der Waals surface area contributed by atoms with Crippen LogP contribution in [0, 0.1) is 0 Å². The Balaban J connectivity index is 0. The number of nitrogens with zero attached hydrogens (tertiary/aromatic N) is 1. The largest absolute Gasteiger partial charge is 0.357 e. The van der Waals surface area contributed by atoms with E-state index in [9.17, 15) is 0 Å². The third-order valence-electron chi connectivity index (χ3n) is 1.02. The Kier molecular flexibility index (Phi) is 11.4. The lowest BCUT2D eigenvalue weighted by Gasteiger charge is -2.08. The Bertz CT molecular complexity index is 159. The van der Waals surface area contributed by atoms with Crippen LogP contribution in [0.1, 0.15) is 6.92 Å². The zero-order chi connectivity index (χ0) is 8.69. The molecule has 0 aromatic carbocycles. The van der Waals surface area contributed by atoms with Crippen molar-refractivity contribution in [2.75, 3.05) is 20.1 Å². The molecule has 0 bridgehead atoms. The molecule has 0 spiro atoms. The number of nitrogens with one attached hydrogen (secondary N) is 2. The zero-order valence-electron chi connectivity index (χ0n) is 7.35. The van der Waals surface area contributed by atoms with Crippen LogP contribution in [0.4, 0.5) is 0 Å². The molecule has 72 valence electrons. The van der Waals surface area contributed by atoms with E-state index in [0.717, 1.165) is 17.0 Å². The first kappa shape index (κ1) is 14.7. The summed E-state index contributed by atoms with van der Waals surface area (Å²) >= 11 is 3.24. The second-order valence-electron chi connectivity index (χ2n) is 1.97. The summed E-state index contributed by atoms with van der Waals surface area (Å²) in [6.45, 7) is 7.28. The van der Waals surface area contributed by atoms with Gasteiger partial charge >= 0.3 is 0 Å². The summed E-state index contributed by atoms with van der Waals surface area (Å²) in [5.41, 5.74) is 0. The Morgan fingerprint density at radius 3 is 2.42 bits per heavy atom. The molecule has 0 saturated carbocycles. The molecule has 12 heavy (non-hydrogen) atoms. The van der Waals surface area contributed by atoms with Gasteiger partial charge in [-0.15, -0.1) is 24.0 Å². The number of hydrogen-bond acceptors (Lipinski definition) is 1. The van der Waals surface area contributed by atoms with Gasteiger partial charge in [0.1, 0.15) is 0 Å². The van der Waals surface area contributed by atoms with Crippen molar-refractivity contribution in [3.8, 4) is 0 Å². The van der Waals surface area contributed by atoms with Gasteiger partial charge in [-0.3, -0.25) is 4.99 Å². The molecule has 0 rings (SSSR count). The molecule has 3 nitrogen and oxygen atoms in total. The first-order valence-corrected chi connectivity index (χ1v) is 4.27. The van der Waals surface area contributed by atoms with Gasteiger partial charge in [0.25, 0.3) is 0 Å². The highest BCUT2D eigenvalue weighted by Crippen LogP contribution is 1.95. The third-order valence-corrected chi connectivity index (χ3v) is 1.30. The summed E-state index contributed by atoms with van der Waals surface area (Å²) in [4.78, 5) is 3.98. The van der Waals surface area contributed by atoms with Crippen LogP contribution < -0.4 is 10.6 Å². The SMILES string of the molecule is C=C(Br)CNC(=NC)NCC.I. The Hall–Kier alpha value is 0.220. The summed E-state index contributed by atoms with van der Waals surface area (Å²) in [5.74, 6) is 0.799. The maximum atomic E-state index is 3.98. The van der Waals surface area contributed by atoms with Crippen LogP contribution in [-0.4, -0.2) is 26.1 Å². The second kappa shape index (κ2) is 9.31. The van der Waals surface area contributed by atoms with Crippen LogP contribution in [0.3, 0.4) is 0 Å². The van der Waals surface area contributed by atoms with Gasteiger partial charge in [0.05, 0.1) is 0 Å². The molecular formula is C7H15BrIN3. The van der Waals surface area contributed by atoms with Crippen LogP contribution in [-0.2, 0) is 0 Å². The average Bonchev–Trinajstić information content (AvgIpc) is 1.97. The van der Waals surface area contributed by atoms with Gasteiger partial charge in [0.2, 0.25) is 0 Å². The zero-order valence-corrected chi connectivity index (χ0v) is 11.3. The summed E-state index contributed by atoms with van der Waals surface area (Å²) < 4.78 is 0.913. The van der Waals surface area contributed by atoms with Crippen molar-refractivity contribution >= 4 is 45.9 Å². The van der Waals surface area contributed by atoms with E-state index in [1.807, 2.05) is 6.92 Å². The van der Waals surface area contributed by atoms with Crippen molar-refractivity contribution in [3.05, 3.63) is 11.1 Å². The molecule has 2 N–H and O–H groups in total. The minimum atomic E-state index is 0. The Labute approximate surface area is 99.2 Å². The van der Waals surface area contributed by atoms with E-state index < -0.39 is 0 Å².